The van der Waals surface area contributed by atoms with Crippen LogP contribution in [0.4, 0.5) is 5.69 Å². The van der Waals surface area contributed by atoms with Crippen LogP contribution in [0.2, 0.25) is 0 Å². The first-order valence-corrected chi connectivity index (χ1v) is 6.33. The number of methoxy groups -OCH3 is 1. The van der Waals surface area contributed by atoms with Gasteiger partial charge in [0.2, 0.25) is 22.2 Å². The second-order valence-corrected chi connectivity index (χ2v) is 5.10. The lowest BCUT2D eigenvalue weighted by Gasteiger charge is -2.23. The molecule has 2 radical (unpaired) electrons. The third-order valence-electron chi connectivity index (χ3n) is 3.47. The van der Waals surface area contributed by atoms with Gasteiger partial charge >= 0.3 is 0 Å². The van der Waals surface area contributed by atoms with Gasteiger partial charge in [0.25, 0.3) is 0 Å². The predicted octanol–water partition coefficient (Wildman–Crippen LogP) is 1.13. The van der Waals surface area contributed by atoms with Gasteiger partial charge in [0, 0.05) is 11.2 Å². The molecule has 1 heterocycles. The Labute approximate surface area is 114 Å². The number of anilines is 1. The summed E-state index contributed by atoms with van der Waals surface area (Å²) in [4.78, 5) is 25.6. The summed E-state index contributed by atoms with van der Waals surface area (Å²) >= 11 is 2.12. The third kappa shape index (κ3) is 1.94. The molecule has 1 aromatic rings. The molecule has 0 bridgehead atoms. The summed E-state index contributed by atoms with van der Waals surface area (Å²) in [7, 11) is 1.57. The Kier molecular flexibility index (Phi) is 3.47. The highest BCUT2D eigenvalue weighted by Gasteiger charge is 2.46. The maximum absolute atomic E-state index is 12.4. The van der Waals surface area contributed by atoms with E-state index in [4.69, 9.17) is 4.74 Å². The molecule has 1 aromatic carbocycles. The highest BCUT2D eigenvalue weighted by Crippen LogP contribution is 2.38. The van der Waals surface area contributed by atoms with Crippen molar-refractivity contribution >= 4 is 32.5 Å². The average molecular weight is 259 g/mol. The molecule has 0 spiro atoms. The van der Waals surface area contributed by atoms with Crippen molar-refractivity contribution in [1.82, 2.24) is 0 Å². The molecular formula is C13H14AlNO3. The lowest BCUT2D eigenvalue weighted by atomic mass is 9.90. The van der Waals surface area contributed by atoms with Crippen LogP contribution in [0.5, 0.6) is 5.75 Å². The van der Waals surface area contributed by atoms with Crippen molar-refractivity contribution in [3.63, 3.8) is 0 Å². The molecule has 1 aliphatic heterocycles. The van der Waals surface area contributed by atoms with E-state index >= 15 is 0 Å². The molecular weight excluding hydrogens is 245 g/mol. The van der Waals surface area contributed by atoms with Gasteiger partial charge in [0.05, 0.1) is 18.2 Å². The molecule has 92 valence electrons. The minimum Gasteiger partial charge on any atom is -0.495 e. The second-order valence-electron chi connectivity index (χ2n) is 4.57. The fourth-order valence-electron chi connectivity index (χ4n) is 2.15. The minimum absolute atomic E-state index is 0.160. The van der Waals surface area contributed by atoms with E-state index in [9.17, 15) is 9.59 Å². The van der Waals surface area contributed by atoms with Crippen LogP contribution in [0.25, 0.3) is 0 Å². The van der Waals surface area contributed by atoms with Crippen LogP contribution in [0.3, 0.4) is 0 Å². The van der Waals surface area contributed by atoms with E-state index in [-0.39, 0.29) is 10.6 Å². The zero-order valence-corrected chi connectivity index (χ0v) is 11.6. The van der Waals surface area contributed by atoms with Crippen molar-refractivity contribution in [1.29, 1.82) is 0 Å². The lowest BCUT2D eigenvalue weighted by Crippen LogP contribution is -2.38. The number of benzene rings is 1. The van der Waals surface area contributed by atoms with E-state index in [1.807, 2.05) is 18.2 Å². The minimum atomic E-state index is -0.925. The Morgan fingerprint density at radius 1 is 1.44 bits per heavy atom. The lowest BCUT2D eigenvalue weighted by molar-refractivity contribution is -0.132. The Balaban J connectivity index is 2.37. The van der Waals surface area contributed by atoms with Crippen molar-refractivity contribution in [2.45, 2.75) is 13.3 Å². The van der Waals surface area contributed by atoms with Crippen LogP contribution in [-0.2, 0) is 9.59 Å². The number of carbonyl (C=O) groups excluding carboxylic acids is 2. The molecule has 0 unspecified atom stereocenters. The number of para-hydroxylation sites is 2. The monoisotopic (exact) mass is 259 g/mol. The number of ether oxygens (including phenoxy) is 1. The maximum Gasteiger partial charge on any atom is 0.243 e. The standard InChI is InChI=1S/C13H14NO3.Al/c1-13(9-15)7-8-14(12(13)16)10-5-3-4-6-11(10)17-2;/h3-6H,7-8H2,1-2H3;/t13-;/m0./s1. The van der Waals surface area contributed by atoms with E-state index < -0.39 is 5.41 Å². The molecule has 0 aliphatic carbocycles. The first-order valence-electron chi connectivity index (χ1n) is 5.75. The van der Waals surface area contributed by atoms with Crippen molar-refractivity contribution in [3.05, 3.63) is 24.3 Å². The molecule has 4 nitrogen and oxygen atoms in total. The molecule has 1 fully saturated rings. The normalized spacial score (nSPS) is 23.2. The summed E-state index contributed by atoms with van der Waals surface area (Å²) < 4.78 is 5.09. The largest absolute Gasteiger partial charge is 0.495 e. The summed E-state index contributed by atoms with van der Waals surface area (Å²) in [5, 5.41) is 0. The average Bonchev–Trinajstić information content (AvgIpc) is 2.67. The Hall–Kier alpha value is -1.31. The molecule has 18 heavy (non-hydrogen) atoms. The molecule has 0 N–H and O–H groups in total. The highest BCUT2D eigenvalue weighted by atomic mass is 27.0. The molecule has 1 saturated heterocycles. The first kappa shape index (κ1) is 13.1. The number of rotatable bonds is 3. The van der Waals surface area contributed by atoms with Gasteiger partial charge in [0.15, 0.2) is 0 Å². The van der Waals surface area contributed by atoms with E-state index in [1.165, 1.54) is 0 Å². The Morgan fingerprint density at radius 3 is 2.67 bits per heavy atom. The van der Waals surface area contributed by atoms with Crippen molar-refractivity contribution < 1.29 is 14.3 Å². The topological polar surface area (TPSA) is 46.6 Å². The van der Waals surface area contributed by atoms with E-state index in [2.05, 4.69) is 16.3 Å². The van der Waals surface area contributed by atoms with Crippen LogP contribution in [0, 0.1) is 5.41 Å². The van der Waals surface area contributed by atoms with Gasteiger partial charge in [-0.2, -0.15) is 0 Å². The van der Waals surface area contributed by atoms with Crippen molar-refractivity contribution in [2.24, 2.45) is 5.41 Å². The molecule has 0 saturated carbocycles. The molecule has 1 aliphatic rings. The number of carbonyl (C=O) groups is 2. The van der Waals surface area contributed by atoms with Crippen molar-refractivity contribution in [3.8, 4) is 5.75 Å². The van der Waals surface area contributed by atoms with Crippen LogP contribution in [0.15, 0.2) is 24.3 Å². The summed E-state index contributed by atoms with van der Waals surface area (Å²) in [5.41, 5.74) is -0.203. The highest BCUT2D eigenvalue weighted by molar-refractivity contribution is 6.61. The predicted molar refractivity (Wildman–Crippen MR) is 68.8 cm³/mol. The van der Waals surface area contributed by atoms with Crippen LogP contribution >= 0.6 is 0 Å². The van der Waals surface area contributed by atoms with E-state index in [0.29, 0.717) is 18.7 Å². The molecule has 0 aromatic heterocycles. The zero-order chi connectivity index (χ0) is 13.3. The van der Waals surface area contributed by atoms with Gasteiger partial charge in [-0.05, 0) is 25.5 Å². The summed E-state index contributed by atoms with van der Waals surface area (Å²) in [6, 6.07) is 7.34. The van der Waals surface area contributed by atoms with Crippen LogP contribution in [-0.4, -0.2) is 40.5 Å². The fraction of sp³-hybridized carbons (Fsp3) is 0.385. The quantitative estimate of drug-likeness (QED) is 0.604. The number of hydrogen-bond donors (Lipinski definition) is 0. The van der Waals surface area contributed by atoms with E-state index in [1.54, 1.807) is 25.0 Å². The van der Waals surface area contributed by atoms with Gasteiger partial charge in [-0.25, -0.2) is 0 Å². The van der Waals surface area contributed by atoms with Crippen molar-refractivity contribution in [2.75, 3.05) is 18.6 Å². The van der Waals surface area contributed by atoms with Crippen LogP contribution < -0.4 is 9.64 Å². The van der Waals surface area contributed by atoms with Gasteiger partial charge in [0.1, 0.15) is 5.75 Å². The molecule has 5 heteroatoms. The van der Waals surface area contributed by atoms with Crippen LogP contribution in [0.1, 0.15) is 13.3 Å². The Morgan fingerprint density at radius 2 is 2.11 bits per heavy atom. The van der Waals surface area contributed by atoms with Gasteiger partial charge in [-0.1, -0.05) is 12.1 Å². The van der Waals surface area contributed by atoms with Gasteiger partial charge in [-0.3, -0.25) is 4.79 Å². The number of nitrogens with zero attached hydrogens (tertiary/aromatic N) is 1. The maximum atomic E-state index is 12.4. The van der Waals surface area contributed by atoms with E-state index in [0.717, 1.165) is 5.69 Å². The molecule has 2 rings (SSSR count). The number of amides is 1. The summed E-state index contributed by atoms with van der Waals surface area (Å²) in [6.45, 7) is 2.23. The van der Waals surface area contributed by atoms with Gasteiger partial charge in [-0.15, -0.1) is 0 Å². The zero-order valence-electron chi connectivity index (χ0n) is 10.5. The molecule has 1 atom stereocenters. The second kappa shape index (κ2) is 4.75. The SMILES string of the molecule is COc1ccccc1N1CC[C@@](C)([C](=O)[Al])C1=O. The smallest absolute Gasteiger partial charge is 0.243 e. The third-order valence-corrected chi connectivity index (χ3v) is 4.11. The van der Waals surface area contributed by atoms with Gasteiger partial charge < -0.3 is 14.4 Å². The Bertz CT molecular complexity index is 503. The first-order chi connectivity index (χ1) is 8.50. The summed E-state index contributed by atoms with van der Waals surface area (Å²) in [5.74, 6) is 0.485. The fourth-order valence-corrected chi connectivity index (χ4v) is 2.42. The molecule has 1 amide bonds. The number of hydrogen-bond acceptors (Lipinski definition) is 3. The summed E-state index contributed by atoms with van der Waals surface area (Å²) in [6.07, 6.45) is 0.534.